The molecule has 0 atom stereocenters. The molecule has 0 spiro atoms. The van der Waals surface area contributed by atoms with Gasteiger partial charge in [-0.1, -0.05) is 0 Å². The summed E-state index contributed by atoms with van der Waals surface area (Å²) >= 11 is 0. The molecule has 0 fully saturated rings. The Hall–Kier alpha value is -2.16. The summed E-state index contributed by atoms with van der Waals surface area (Å²) in [5.41, 5.74) is 8.50. The largest absolute Gasteiger partial charge is 0.399 e. The molecule has 3 N–H and O–H groups in total. The van der Waals surface area contributed by atoms with Crippen LogP contribution in [0.15, 0.2) is 53.6 Å². The zero-order valence-electron chi connectivity index (χ0n) is 8.14. The predicted octanol–water partition coefficient (Wildman–Crippen LogP) is 2.49. The number of nitrogen functional groups attached to an aromatic ring is 1. The van der Waals surface area contributed by atoms with Crippen molar-refractivity contribution in [1.82, 2.24) is 0 Å². The highest BCUT2D eigenvalue weighted by atomic mass is 14.7. The van der Waals surface area contributed by atoms with Crippen molar-refractivity contribution in [1.29, 1.82) is 5.41 Å². The van der Waals surface area contributed by atoms with Crippen LogP contribution in [0, 0.1) is 5.41 Å². The molecule has 0 saturated carbocycles. The lowest BCUT2D eigenvalue weighted by Gasteiger charge is -2.00. The number of nitrogens with zero attached hydrogens (tertiary/aromatic N) is 1. The SMILES string of the molecule is N=C1C=CC(=Nc2ccc(N)cc2)C=C1. The molecule has 0 saturated heterocycles. The lowest BCUT2D eigenvalue weighted by atomic mass is 10.1. The zero-order chi connectivity index (χ0) is 10.7. The van der Waals surface area contributed by atoms with Gasteiger partial charge in [0, 0.05) is 5.69 Å². The van der Waals surface area contributed by atoms with E-state index in [0.717, 1.165) is 17.1 Å². The molecular weight excluding hydrogens is 186 g/mol. The van der Waals surface area contributed by atoms with E-state index in [4.69, 9.17) is 11.1 Å². The minimum absolute atomic E-state index is 0.492. The maximum absolute atomic E-state index is 7.34. The van der Waals surface area contributed by atoms with E-state index in [-0.39, 0.29) is 0 Å². The van der Waals surface area contributed by atoms with E-state index < -0.39 is 0 Å². The van der Waals surface area contributed by atoms with Gasteiger partial charge in [-0.15, -0.1) is 0 Å². The first-order chi connectivity index (χ1) is 7.24. The van der Waals surface area contributed by atoms with E-state index >= 15 is 0 Å². The van der Waals surface area contributed by atoms with E-state index in [1.165, 1.54) is 0 Å². The molecule has 1 aromatic carbocycles. The van der Waals surface area contributed by atoms with Crippen LogP contribution in [-0.2, 0) is 0 Å². The van der Waals surface area contributed by atoms with E-state index in [9.17, 15) is 0 Å². The third-order valence-corrected chi connectivity index (χ3v) is 2.02. The summed E-state index contributed by atoms with van der Waals surface area (Å²) in [5.74, 6) is 0. The first-order valence-corrected chi connectivity index (χ1v) is 4.63. The molecule has 1 aliphatic rings. The number of rotatable bonds is 1. The Bertz CT molecular complexity index is 446. The normalized spacial score (nSPS) is 14.4. The van der Waals surface area contributed by atoms with Gasteiger partial charge in [-0.25, -0.2) is 4.99 Å². The van der Waals surface area contributed by atoms with Crippen LogP contribution < -0.4 is 5.73 Å². The Morgan fingerprint density at radius 1 is 0.933 bits per heavy atom. The van der Waals surface area contributed by atoms with E-state index in [0.29, 0.717) is 5.71 Å². The van der Waals surface area contributed by atoms with Gasteiger partial charge < -0.3 is 11.1 Å². The summed E-state index contributed by atoms with van der Waals surface area (Å²) in [5, 5.41) is 7.34. The topological polar surface area (TPSA) is 62.2 Å². The van der Waals surface area contributed by atoms with Crippen LogP contribution in [0.4, 0.5) is 11.4 Å². The molecule has 1 aromatic rings. The van der Waals surface area contributed by atoms with Gasteiger partial charge in [0.2, 0.25) is 0 Å². The van der Waals surface area contributed by atoms with Crippen molar-refractivity contribution in [2.24, 2.45) is 4.99 Å². The van der Waals surface area contributed by atoms with Crippen molar-refractivity contribution in [3.8, 4) is 0 Å². The maximum Gasteiger partial charge on any atom is 0.0638 e. The van der Waals surface area contributed by atoms with E-state index in [1.54, 1.807) is 12.2 Å². The average Bonchev–Trinajstić information content (AvgIpc) is 2.25. The Balaban J connectivity index is 2.24. The number of nitrogens with two attached hydrogens (primary N) is 1. The summed E-state index contributed by atoms with van der Waals surface area (Å²) in [4.78, 5) is 4.38. The van der Waals surface area contributed by atoms with Crippen molar-refractivity contribution in [2.75, 3.05) is 5.73 Å². The summed E-state index contributed by atoms with van der Waals surface area (Å²) in [6, 6.07) is 7.36. The van der Waals surface area contributed by atoms with Crippen molar-refractivity contribution >= 4 is 22.8 Å². The first-order valence-electron chi connectivity index (χ1n) is 4.63. The molecule has 74 valence electrons. The van der Waals surface area contributed by atoms with Gasteiger partial charge in [0.25, 0.3) is 0 Å². The van der Waals surface area contributed by atoms with Crippen LogP contribution in [0.3, 0.4) is 0 Å². The molecule has 0 aliphatic heterocycles. The molecule has 2 rings (SSSR count). The van der Waals surface area contributed by atoms with E-state index in [1.807, 2.05) is 36.4 Å². The average molecular weight is 197 g/mol. The summed E-state index contributed by atoms with van der Waals surface area (Å²) < 4.78 is 0. The van der Waals surface area contributed by atoms with Gasteiger partial charge in [0.05, 0.1) is 17.1 Å². The van der Waals surface area contributed by atoms with Crippen LogP contribution in [0.1, 0.15) is 0 Å². The highest BCUT2D eigenvalue weighted by Gasteiger charge is 1.97. The van der Waals surface area contributed by atoms with Gasteiger partial charge in [-0.05, 0) is 48.6 Å². The van der Waals surface area contributed by atoms with Gasteiger partial charge in [0.1, 0.15) is 0 Å². The fraction of sp³-hybridized carbons (Fsp3) is 0. The quantitative estimate of drug-likeness (QED) is 0.527. The van der Waals surface area contributed by atoms with Gasteiger partial charge >= 0.3 is 0 Å². The molecule has 0 radical (unpaired) electrons. The van der Waals surface area contributed by atoms with Crippen LogP contribution in [0.5, 0.6) is 0 Å². The molecule has 15 heavy (non-hydrogen) atoms. The Labute approximate surface area is 88.2 Å². The number of anilines is 1. The molecule has 3 heteroatoms. The van der Waals surface area contributed by atoms with Crippen LogP contribution in [0.2, 0.25) is 0 Å². The van der Waals surface area contributed by atoms with Gasteiger partial charge in [-0.2, -0.15) is 0 Å². The molecule has 1 aliphatic carbocycles. The second-order valence-corrected chi connectivity index (χ2v) is 3.25. The number of hydrogen-bond donors (Lipinski definition) is 2. The van der Waals surface area contributed by atoms with Crippen LogP contribution >= 0.6 is 0 Å². The summed E-state index contributed by atoms with van der Waals surface area (Å²) in [6.07, 6.45) is 7.07. The highest BCUT2D eigenvalue weighted by Crippen LogP contribution is 2.15. The predicted molar refractivity (Wildman–Crippen MR) is 64.0 cm³/mol. The van der Waals surface area contributed by atoms with Crippen molar-refractivity contribution in [2.45, 2.75) is 0 Å². The number of nitrogens with one attached hydrogen (secondary N) is 1. The Morgan fingerprint density at radius 2 is 1.53 bits per heavy atom. The molecule has 0 bridgehead atoms. The fourth-order valence-electron chi connectivity index (χ4n) is 1.23. The van der Waals surface area contributed by atoms with Crippen LogP contribution in [0.25, 0.3) is 0 Å². The minimum Gasteiger partial charge on any atom is -0.399 e. The summed E-state index contributed by atoms with van der Waals surface area (Å²) in [7, 11) is 0. The standard InChI is InChI=1S/C12H11N3/c13-9-1-5-11(6-2-9)15-12-7-3-10(14)4-8-12/h1-8,13H,14H2. The highest BCUT2D eigenvalue weighted by molar-refractivity contribution is 6.18. The second kappa shape index (κ2) is 3.92. The van der Waals surface area contributed by atoms with Crippen LogP contribution in [-0.4, -0.2) is 11.4 Å². The molecule has 0 amide bonds. The molecular formula is C12H11N3. The third kappa shape index (κ3) is 2.40. The summed E-state index contributed by atoms with van der Waals surface area (Å²) in [6.45, 7) is 0. The molecule has 0 unspecified atom stereocenters. The van der Waals surface area contributed by atoms with Crippen molar-refractivity contribution in [3.63, 3.8) is 0 Å². The number of benzene rings is 1. The van der Waals surface area contributed by atoms with Crippen molar-refractivity contribution < 1.29 is 0 Å². The lowest BCUT2D eigenvalue weighted by molar-refractivity contribution is 1.50. The lowest BCUT2D eigenvalue weighted by Crippen LogP contribution is -1.97. The Kier molecular flexibility index (Phi) is 2.46. The Morgan fingerprint density at radius 3 is 2.13 bits per heavy atom. The zero-order valence-corrected chi connectivity index (χ0v) is 8.14. The van der Waals surface area contributed by atoms with Gasteiger partial charge in [-0.3, -0.25) is 0 Å². The minimum atomic E-state index is 0.492. The number of aliphatic imine (C=N–C) groups is 1. The third-order valence-electron chi connectivity index (χ3n) is 2.02. The molecule has 0 heterocycles. The van der Waals surface area contributed by atoms with Gasteiger partial charge in [0.15, 0.2) is 0 Å². The number of allylic oxidation sites excluding steroid dienone is 4. The first kappa shape index (κ1) is 9.40. The molecule has 0 aromatic heterocycles. The maximum atomic E-state index is 7.34. The monoisotopic (exact) mass is 197 g/mol. The smallest absolute Gasteiger partial charge is 0.0638 e. The molecule has 3 nitrogen and oxygen atoms in total. The fourth-order valence-corrected chi connectivity index (χ4v) is 1.23. The van der Waals surface area contributed by atoms with Crippen molar-refractivity contribution in [3.05, 3.63) is 48.6 Å². The van der Waals surface area contributed by atoms with E-state index in [2.05, 4.69) is 4.99 Å². The second-order valence-electron chi connectivity index (χ2n) is 3.25. The number of hydrogen-bond acceptors (Lipinski definition) is 3.